The van der Waals surface area contributed by atoms with Crippen molar-refractivity contribution < 1.29 is 47.0 Å². The molecule has 15 heteroatoms. The fourth-order valence-corrected chi connectivity index (χ4v) is 3.59. The molecule has 1 aromatic carbocycles. The highest BCUT2D eigenvalue weighted by Gasteiger charge is 2.30. The number of esters is 1. The van der Waals surface area contributed by atoms with Crippen molar-refractivity contribution in [1.29, 1.82) is 0 Å². The molecule has 43 heavy (non-hydrogen) atoms. The number of halogens is 3. The molecule has 1 aromatic heterocycles. The quantitative estimate of drug-likeness (QED) is 0.176. The van der Waals surface area contributed by atoms with E-state index in [-0.39, 0.29) is 31.7 Å². The second-order valence-corrected chi connectivity index (χ2v) is 9.06. The molecular weight excluding hydrogens is 577 g/mol. The molecule has 0 aliphatic rings. The summed E-state index contributed by atoms with van der Waals surface area (Å²) >= 11 is 0. The van der Waals surface area contributed by atoms with Crippen LogP contribution in [-0.2, 0) is 48.0 Å². The molecule has 1 heterocycles. The number of carbonyl (C=O) groups excluding carboxylic acids is 4. The number of allylic oxidation sites excluding steroid dienone is 1. The second kappa shape index (κ2) is 16.5. The van der Waals surface area contributed by atoms with Gasteiger partial charge in [-0.2, -0.15) is 13.2 Å². The Hall–Kier alpha value is -4.95. The number of pyridine rings is 1. The molecule has 12 nitrogen and oxygen atoms in total. The lowest BCUT2D eigenvalue weighted by molar-refractivity contribution is -0.139. The van der Waals surface area contributed by atoms with Crippen LogP contribution in [0.2, 0.25) is 0 Å². The normalized spacial score (nSPS) is 11.9. The van der Waals surface area contributed by atoms with Crippen LogP contribution in [0.1, 0.15) is 43.7 Å². The highest BCUT2D eigenvalue weighted by atomic mass is 19.4. The summed E-state index contributed by atoms with van der Waals surface area (Å²) in [5, 5.41) is 16.1. The van der Waals surface area contributed by atoms with E-state index in [1.807, 2.05) is 0 Å². The molecule has 2 aromatic rings. The van der Waals surface area contributed by atoms with Gasteiger partial charge in [0.1, 0.15) is 18.3 Å². The van der Waals surface area contributed by atoms with Crippen molar-refractivity contribution in [3.05, 3.63) is 76.2 Å². The average molecular weight is 609 g/mol. The van der Waals surface area contributed by atoms with E-state index in [0.29, 0.717) is 5.56 Å². The molecule has 0 spiro atoms. The molecule has 0 bridgehead atoms. The summed E-state index contributed by atoms with van der Waals surface area (Å²) in [4.78, 5) is 72.8. The molecule has 1 unspecified atom stereocenters. The van der Waals surface area contributed by atoms with Gasteiger partial charge in [0.15, 0.2) is 0 Å². The Morgan fingerprint density at radius 3 is 2.37 bits per heavy atom. The molecule has 0 radical (unpaired) electrons. The molecule has 0 aliphatic carbocycles. The molecule has 4 N–H and O–H groups in total. The lowest BCUT2D eigenvalue weighted by Gasteiger charge is -2.18. The summed E-state index contributed by atoms with van der Waals surface area (Å²) in [6, 6.07) is 5.68. The number of nitrogens with zero attached hydrogens (tertiary/aromatic N) is 1. The van der Waals surface area contributed by atoms with Crippen LogP contribution in [0.15, 0.2) is 59.5 Å². The van der Waals surface area contributed by atoms with E-state index in [2.05, 4.69) is 16.0 Å². The molecule has 1 atom stereocenters. The first-order valence-corrected chi connectivity index (χ1v) is 13.1. The summed E-state index contributed by atoms with van der Waals surface area (Å²) < 4.78 is 43.9. The van der Waals surface area contributed by atoms with Crippen LogP contribution in [0.4, 0.5) is 18.9 Å². The number of hydrogen-bond acceptors (Lipinski definition) is 7. The number of carboxylic acid groups (broad SMARTS) is 1. The smallest absolute Gasteiger partial charge is 0.416 e. The average Bonchev–Trinajstić information content (AvgIpc) is 2.94. The lowest BCUT2D eigenvalue weighted by Crippen LogP contribution is -2.44. The van der Waals surface area contributed by atoms with Crippen LogP contribution >= 0.6 is 0 Å². The van der Waals surface area contributed by atoms with E-state index in [1.165, 1.54) is 36.5 Å². The SMILES string of the molecule is CCOC(=O)/C=C/CCC(NC(=O)CCC(=O)O)C(=O)Nc1cccn(CC(=O)NCc2ccc(C(F)(F)F)cc2)c1=O. The number of hydrogen-bond donors (Lipinski definition) is 4. The topological polar surface area (TPSA) is 173 Å². The van der Waals surface area contributed by atoms with Crippen LogP contribution in [0.5, 0.6) is 0 Å². The van der Waals surface area contributed by atoms with E-state index in [0.717, 1.165) is 22.8 Å². The fourth-order valence-electron chi connectivity index (χ4n) is 3.59. The molecule has 232 valence electrons. The number of ether oxygens (including phenoxy) is 1. The van der Waals surface area contributed by atoms with Gasteiger partial charge in [0.25, 0.3) is 5.56 Å². The Labute approximate surface area is 243 Å². The van der Waals surface area contributed by atoms with E-state index in [1.54, 1.807) is 6.92 Å². The van der Waals surface area contributed by atoms with Crippen molar-refractivity contribution in [1.82, 2.24) is 15.2 Å². The zero-order valence-corrected chi connectivity index (χ0v) is 23.1. The Morgan fingerprint density at radius 2 is 1.74 bits per heavy atom. The maximum Gasteiger partial charge on any atom is 0.416 e. The Balaban J connectivity index is 2.06. The van der Waals surface area contributed by atoms with Crippen LogP contribution in [-0.4, -0.2) is 52.0 Å². The van der Waals surface area contributed by atoms with Crippen molar-refractivity contribution in [2.24, 2.45) is 0 Å². The number of benzene rings is 1. The van der Waals surface area contributed by atoms with Gasteiger partial charge >= 0.3 is 18.1 Å². The molecule has 0 saturated heterocycles. The number of amides is 3. The third kappa shape index (κ3) is 12.2. The third-order valence-corrected chi connectivity index (χ3v) is 5.74. The minimum absolute atomic E-state index is 0.00602. The standard InChI is InChI=1S/C28H31F3N4O8/c1-2-43-25(40)8-4-3-6-20(33-22(36)13-14-24(38)39)26(41)34-21-7-5-15-35(27(21)42)17-23(37)32-16-18-9-11-19(12-10-18)28(29,30)31/h4-5,7-12,15,20H,2-3,6,13-14,16-17H2,1H3,(H,32,37)(H,33,36)(H,34,41)(H,38,39)/b8-4+. The van der Waals surface area contributed by atoms with Gasteiger partial charge in [-0.1, -0.05) is 18.2 Å². The van der Waals surface area contributed by atoms with E-state index >= 15 is 0 Å². The van der Waals surface area contributed by atoms with Crippen LogP contribution < -0.4 is 21.5 Å². The summed E-state index contributed by atoms with van der Waals surface area (Å²) in [5.41, 5.74) is -1.39. The van der Waals surface area contributed by atoms with Crippen LogP contribution in [0, 0.1) is 0 Å². The van der Waals surface area contributed by atoms with E-state index < -0.39 is 72.4 Å². The highest BCUT2D eigenvalue weighted by Crippen LogP contribution is 2.29. The molecule has 0 aliphatic heterocycles. The van der Waals surface area contributed by atoms with Gasteiger partial charge in [0.05, 0.1) is 18.6 Å². The van der Waals surface area contributed by atoms with Gasteiger partial charge in [0.2, 0.25) is 17.7 Å². The lowest BCUT2D eigenvalue weighted by atomic mass is 10.1. The zero-order valence-electron chi connectivity index (χ0n) is 23.1. The van der Waals surface area contributed by atoms with Gasteiger partial charge in [0, 0.05) is 25.2 Å². The minimum Gasteiger partial charge on any atom is -0.481 e. The van der Waals surface area contributed by atoms with Crippen molar-refractivity contribution in [2.75, 3.05) is 11.9 Å². The highest BCUT2D eigenvalue weighted by molar-refractivity contribution is 5.97. The number of carboxylic acids is 1. The Bertz CT molecular complexity index is 1390. The number of rotatable bonds is 15. The zero-order chi connectivity index (χ0) is 32.0. The van der Waals surface area contributed by atoms with Crippen LogP contribution in [0.25, 0.3) is 0 Å². The first-order valence-electron chi connectivity index (χ1n) is 13.1. The first kappa shape index (κ1) is 34.3. The van der Waals surface area contributed by atoms with E-state index in [9.17, 15) is 41.9 Å². The number of carbonyl (C=O) groups is 5. The molecular formula is C28H31F3N4O8. The number of aliphatic carboxylic acids is 1. The maximum atomic E-state index is 13.0. The fraction of sp³-hybridized carbons (Fsp3) is 0.357. The first-order chi connectivity index (χ1) is 20.3. The number of nitrogens with one attached hydrogen (secondary N) is 3. The monoisotopic (exact) mass is 608 g/mol. The number of anilines is 1. The summed E-state index contributed by atoms with van der Waals surface area (Å²) in [7, 11) is 0. The molecule has 0 fully saturated rings. The predicted molar refractivity (Wildman–Crippen MR) is 146 cm³/mol. The van der Waals surface area contributed by atoms with E-state index in [4.69, 9.17) is 9.84 Å². The van der Waals surface area contributed by atoms with Crippen molar-refractivity contribution in [3.63, 3.8) is 0 Å². The Morgan fingerprint density at radius 1 is 1.05 bits per heavy atom. The summed E-state index contributed by atoms with van der Waals surface area (Å²) in [5.74, 6) is -3.94. The van der Waals surface area contributed by atoms with Gasteiger partial charge in [-0.3, -0.25) is 24.0 Å². The Kier molecular flexibility index (Phi) is 13.1. The second-order valence-electron chi connectivity index (χ2n) is 9.06. The summed E-state index contributed by atoms with van der Waals surface area (Å²) in [6.07, 6.45) is -1.33. The molecule has 2 rings (SSSR count). The number of aromatic nitrogens is 1. The van der Waals surface area contributed by atoms with Crippen molar-refractivity contribution in [3.8, 4) is 0 Å². The van der Waals surface area contributed by atoms with Crippen molar-refractivity contribution in [2.45, 2.75) is 57.9 Å². The third-order valence-electron chi connectivity index (χ3n) is 5.74. The summed E-state index contributed by atoms with van der Waals surface area (Å²) in [6.45, 7) is 1.25. The van der Waals surface area contributed by atoms with Gasteiger partial charge in [-0.05, 0) is 49.6 Å². The predicted octanol–water partition coefficient (Wildman–Crippen LogP) is 2.37. The number of alkyl halides is 3. The van der Waals surface area contributed by atoms with Gasteiger partial charge < -0.3 is 30.4 Å². The van der Waals surface area contributed by atoms with Crippen LogP contribution in [0.3, 0.4) is 0 Å². The van der Waals surface area contributed by atoms with Gasteiger partial charge in [-0.25, -0.2) is 4.79 Å². The minimum atomic E-state index is -4.49. The molecule has 3 amide bonds. The maximum absolute atomic E-state index is 13.0. The molecule has 0 saturated carbocycles. The largest absolute Gasteiger partial charge is 0.481 e. The van der Waals surface area contributed by atoms with Crippen molar-refractivity contribution >= 4 is 35.3 Å². The van der Waals surface area contributed by atoms with Gasteiger partial charge in [-0.15, -0.1) is 0 Å².